The highest BCUT2D eigenvalue weighted by molar-refractivity contribution is 6.30. The van der Waals surface area contributed by atoms with Gasteiger partial charge in [-0.15, -0.1) is 0 Å². The normalized spacial score (nSPS) is 12.1. The van der Waals surface area contributed by atoms with Crippen molar-refractivity contribution < 1.29 is 0 Å². The second-order valence-corrected chi connectivity index (χ2v) is 2.06. The zero-order chi connectivity index (χ0) is 5.56. The van der Waals surface area contributed by atoms with E-state index >= 15 is 0 Å². The summed E-state index contributed by atoms with van der Waals surface area (Å²) >= 11 is 5.53. The quantitative estimate of drug-likeness (QED) is 0.432. The van der Waals surface area contributed by atoms with Gasteiger partial charge in [-0.25, -0.2) is 4.98 Å². The van der Waals surface area contributed by atoms with Crippen LogP contribution in [-0.2, 0) is 0 Å². The van der Waals surface area contributed by atoms with Gasteiger partial charge in [-0.1, -0.05) is 11.6 Å². The lowest BCUT2D eigenvalue weighted by Gasteiger charge is -1.76. The van der Waals surface area contributed by atoms with Gasteiger partial charge in [-0.2, -0.15) is 0 Å². The van der Waals surface area contributed by atoms with Gasteiger partial charge in [0.15, 0.2) is 0 Å². The zero-order valence-electron chi connectivity index (χ0n) is 3.98. The second-order valence-electron chi connectivity index (χ2n) is 1.68. The first kappa shape index (κ1) is 4.15. The monoisotopic (exact) mass is 126 g/mol. The maximum atomic E-state index is 5.53. The molecule has 8 heavy (non-hydrogen) atoms. The minimum absolute atomic E-state index is 0.550. The first-order valence-corrected chi connectivity index (χ1v) is 2.66. The first-order valence-electron chi connectivity index (χ1n) is 2.29. The van der Waals surface area contributed by atoms with Crippen LogP contribution in [0, 0.1) is 0 Å². The largest absolute Gasteiger partial charge is 0.351 e. The number of hydrogen-bond donors (Lipinski definition) is 1. The van der Waals surface area contributed by atoms with Crippen LogP contribution in [0.25, 0.3) is 0 Å². The van der Waals surface area contributed by atoms with Crippen molar-refractivity contribution in [2.45, 2.75) is 0 Å². The standard InChI is InChI=1S/C5H3ClN2/c6-5-1-3-4(8-3)2-7-5/h1-2,8H. The van der Waals surface area contributed by atoms with Crippen molar-refractivity contribution in [2.75, 3.05) is 5.32 Å². The van der Waals surface area contributed by atoms with Crippen LogP contribution in [-0.4, -0.2) is 4.98 Å². The molecule has 2 rings (SSSR count). The molecule has 1 aromatic heterocycles. The molecule has 0 spiro atoms. The molecular weight excluding hydrogens is 124 g/mol. The van der Waals surface area contributed by atoms with Gasteiger partial charge in [0.1, 0.15) is 5.15 Å². The van der Waals surface area contributed by atoms with E-state index in [1.54, 1.807) is 12.3 Å². The van der Waals surface area contributed by atoms with Crippen LogP contribution < -0.4 is 5.32 Å². The highest BCUT2D eigenvalue weighted by Crippen LogP contribution is 2.38. The van der Waals surface area contributed by atoms with E-state index in [1.807, 2.05) is 0 Å². The van der Waals surface area contributed by atoms with Crippen molar-refractivity contribution in [1.29, 1.82) is 0 Å². The number of nitrogens with one attached hydrogen (secondary N) is 1. The molecule has 0 aliphatic carbocycles. The third kappa shape index (κ3) is 0.465. The van der Waals surface area contributed by atoms with Crippen LogP contribution in [0.1, 0.15) is 0 Å². The van der Waals surface area contributed by atoms with E-state index < -0.39 is 0 Å². The van der Waals surface area contributed by atoms with E-state index in [4.69, 9.17) is 11.6 Å². The highest BCUT2D eigenvalue weighted by Gasteiger charge is 2.14. The van der Waals surface area contributed by atoms with Crippen molar-refractivity contribution in [3.8, 4) is 0 Å². The van der Waals surface area contributed by atoms with Gasteiger partial charge in [0.05, 0.1) is 17.6 Å². The number of rotatable bonds is 0. The number of fused-ring (bicyclic) bond motifs is 1. The van der Waals surface area contributed by atoms with Crippen molar-refractivity contribution in [1.82, 2.24) is 4.98 Å². The number of nitrogens with zero attached hydrogens (tertiary/aromatic N) is 1. The van der Waals surface area contributed by atoms with E-state index in [0.29, 0.717) is 5.15 Å². The van der Waals surface area contributed by atoms with Gasteiger partial charge in [-0.3, -0.25) is 0 Å². The molecule has 0 bridgehead atoms. The lowest BCUT2D eigenvalue weighted by Crippen LogP contribution is -1.61. The number of hydrogen-bond acceptors (Lipinski definition) is 2. The highest BCUT2D eigenvalue weighted by atomic mass is 35.5. The van der Waals surface area contributed by atoms with Crippen molar-refractivity contribution in [3.05, 3.63) is 17.4 Å². The molecule has 0 atom stereocenters. The average molecular weight is 127 g/mol. The van der Waals surface area contributed by atoms with Gasteiger partial charge < -0.3 is 5.32 Å². The molecule has 2 nitrogen and oxygen atoms in total. The summed E-state index contributed by atoms with van der Waals surface area (Å²) in [6, 6.07) is 1.80. The van der Waals surface area contributed by atoms with Gasteiger partial charge in [0, 0.05) is 6.07 Å². The SMILES string of the molecule is Clc1cc2c(cn1)N2. The summed E-state index contributed by atoms with van der Waals surface area (Å²) in [5.74, 6) is 0. The smallest absolute Gasteiger partial charge is 0.131 e. The van der Waals surface area contributed by atoms with Gasteiger partial charge in [-0.05, 0) is 0 Å². The predicted octanol–water partition coefficient (Wildman–Crippen LogP) is 1.79. The molecule has 0 fully saturated rings. The minimum Gasteiger partial charge on any atom is -0.351 e. The number of pyridine rings is 1. The van der Waals surface area contributed by atoms with Crippen LogP contribution in [0.4, 0.5) is 11.4 Å². The van der Waals surface area contributed by atoms with Crippen LogP contribution in [0.5, 0.6) is 0 Å². The molecule has 1 aromatic rings. The number of aromatic nitrogens is 1. The summed E-state index contributed by atoms with van der Waals surface area (Å²) in [4.78, 5) is 3.83. The Balaban J connectivity index is 2.64. The fourth-order valence-electron chi connectivity index (χ4n) is 0.612. The Morgan fingerprint density at radius 2 is 2.38 bits per heavy atom. The Morgan fingerprint density at radius 3 is 3.00 bits per heavy atom. The summed E-state index contributed by atoms with van der Waals surface area (Å²) in [7, 11) is 0. The summed E-state index contributed by atoms with van der Waals surface area (Å²) in [6.45, 7) is 0. The second kappa shape index (κ2) is 1.14. The van der Waals surface area contributed by atoms with Gasteiger partial charge in [0.2, 0.25) is 0 Å². The van der Waals surface area contributed by atoms with E-state index in [0.717, 1.165) is 11.4 Å². The summed E-state index contributed by atoms with van der Waals surface area (Å²) in [5, 5.41) is 3.53. The Morgan fingerprint density at radius 1 is 1.50 bits per heavy atom. The van der Waals surface area contributed by atoms with E-state index in [9.17, 15) is 0 Å². The molecule has 1 N–H and O–H groups in total. The van der Waals surface area contributed by atoms with Crippen LogP contribution in [0.15, 0.2) is 12.3 Å². The maximum absolute atomic E-state index is 5.53. The Bertz CT molecular complexity index is 233. The predicted molar refractivity (Wildman–Crippen MR) is 32.5 cm³/mol. The molecule has 3 heteroatoms. The fraction of sp³-hybridized carbons (Fsp3) is 0. The molecule has 40 valence electrons. The van der Waals surface area contributed by atoms with Gasteiger partial charge >= 0.3 is 0 Å². The summed E-state index contributed by atoms with van der Waals surface area (Å²) in [6.07, 6.45) is 1.72. The van der Waals surface area contributed by atoms with Crippen LogP contribution in [0.3, 0.4) is 0 Å². The molecule has 0 unspecified atom stereocenters. The fourth-order valence-corrected chi connectivity index (χ4v) is 0.770. The third-order valence-corrected chi connectivity index (χ3v) is 1.28. The molecule has 0 saturated heterocycles. The lowest BCUT2D eigenvalue weighted by atomic mass is 10.5. The van der Waals surface area contributed by atoms with E-state index in [-0.39, 0.29) is 0 Å². The van der Waals surface area contributed by atoms with E-state index in [1.165, 1.54) is 0 Å². The Kier molecular flexibility index (Phi) is 0.594. The minimum atomic E-state index is 0.550. The van der Waals surface area contributed by atoms with Crippen LogP contribution >= 0.6 is 11.6 Å². The molecule has 2 heterocycles. The molecule has 0 saturated carbocycles. The summed E-state index contributed by atoms with van der Waals surface area (Å²) < 4.78 is 0. The molecular formula is C5H3ClN2. The molecule has 1 aliphatic heterocycles. The number of halogens is 1. The lowest BCUT2D eigenvalue weighted by molar-refractivity contribution is 1.37. The molecule has 0 radical (unpaired) electrons. The average Bonchev–Trinajstić information content (AvgIpc) is 2.43. The van der Waals surface area contributed by atoms with Crippen molar-refractivity contribution in [2.24, 2.45) is 0 Å². The maximum Gasteiger partial charge on any atom is 0.131 e. The molecule has 0 amide bonds. The van der Waals surface area contributed by atoms with Gasteiger partial charge in [0.25, 0.3) is 0 Å². The van der Waals surface area contributed by atoms with Crippen molar-refractivity contribution >= 4 is 23.0 Å². The third-order valence-electron chi connectivity index (χ3n) is 1.08. The Labute approximate surface area is 51.5 Å². The molecule has 1 aliphatic rings. The van der Waals surface area contributed by atoms with Crippen LogP contribution in [0.2, 0.25) is 5.15 Å². The van der Waals surface area contributed by atoms with Crippen molar-refractivity contribution in [3.63, 3.8) is 0 Å². The first-order chi connectivity index (χ1) is 3.86. The topological polar surface area (TPSA) is 34.8 Å². The summed E-state index contributed by atoms with van der Waals surface area (Å²) in [5.41, 5.74) is 2.19. The zero-order valence-corrected chi connectivity index (χ0v) is 4.74. The van der Waals surface area contributed by atoms with E-state index in [2.05, 4.69) is 10.3 Å². The number of anilines is 2. The molecule has 0 aromatic carbocycles. The Hall–Kier alpha value is -0.760.